The molecule has 0 saturated carbocycles. The number of pyridine rings is 7. The summed E-state index contributed by atoms with van der Waals surface area (Å²) >= 11 is 8.73. The van der Waals surface area contributed by atoms with Crippen LogP contribution >= 0.6 is 34.3 Å². The Morgan fingerprint density at radius 2 is 0.979 bits per heavy atom. The van der Waals surface area contributed by atoms with E-state index in [0.717, 1.165) is 129 Å². The summed E-state index contributed by atoms with van der Waals surface area (Å²) in [6.45, 7) is 12.7. The van der Waals surface area contributed by atoms with Gasteiger partial charge in [0.15, 0.2) is 46.4 Å². The van der Waals surface area contributed by atoms with Gasteiger partial charge in [-0.05, 0) is 178 Å². The minimum atomic E-state index is -1.33. The van der Waals surface area contributed by atoms with Crippen molar-refractivity contribution in [1.29, 1.82) is 0 Å². The number of aromatic nitrogens is 10. The predicted molar refractivity (Wildman–Crippen MR) is 522 cm³/mol. The first-order chi connectivity index (χ1) is 66.2. The monoisotopic (exact) mass is 1970 g/mol. The molecule has 10 aromatic heterocycles. The molecule has 31 nitrogen and oxygen atoms in total. The molecule has 1 amide bonds. The number of azide groups is 1. The number of aromatic carboxylic acids is 1. The topological polar surface area (TPSA) is 454 Å². The molecule has 12 aromatic rings. The summed E-state index contributed by atoms with van der Waals surface area (Å²) in [4.78, 5) is 158. The number of rotatable bonds is 27. The zero-order valence-electron chi connectivity index (χ0n) is 77.1. The fourth-order valence-corrected chi connectivity index (χ4v) is 16.4. The molecular weight excluding hydrogens is 1870 g/mol. The van der Waals surface area contributed by atoms with Crippen LogP contribution in [0, 0.1) is 23.3 Å². The first-order valence-corrected chi connectivity index (χ1v) is 45.7. The van der Waals surface area contributed by atoms with Gasteiger partial charge >= 0.3 is 47.5 Å². The molecule has 5 aliphatic rings. The number of ketones is 4. The van der Waals surface area contributed by atoms with Crippen molar-refractivity contribution in [2.75, 3.05) is 32.2 Å². The molecule has 0 spiro atoms. The smallest absolute Gasteiger partial charge is 0.477 e. The molecule has 1 saturated heterocycles. The SMILES string of the molecule is C.C1CCOC1.CC(C)(C)OC(=O)CCC(=O)NCC(=O)c1c[nH]c2ncccc12.CC(C)(C)OC(=O)CCc1ncc(CC2=CCc3ncccc32)s1.O=C(CCc1ncc(CC2=CCc3ncccc32)s1)c1cccn(Cc2ccc(F)c(F)c2)c1=O.O=C(CCl)C1=CCc2ncccc21.O=C(O)c1cccn(Cc2ccc(F)c(F)c2)c1=O.[N-]=[N+]=NCC(=O)C1=CCc2ncccc21.[N-]=[N+]=[N-].[Na+]. The first kappa shape index (κ1) is 111. The summed E-state index contributed by atoms with van der Waals surface area (Å²) in [6.07, 6.45) is 34.1. The van der Waals surface area contributed by atoms with Crippen molar-refractivity contribution in [2.45, 2.75) is 163 Å². The van der Waals surface area contributed by atoms with E-state index in [0.29, 0.717) is 59.0 Å². The van der Waals surface area contributed by atoms with Gasteiger partial charge in [0, 0.05) is 187 Å². The first-order valence-electron chi connectivity index (χ1n) is 43.5. The van der Waals surface area contributed by atoms with Crippen molar-refractivity contribution < 1.29 is 105 Å². The van der Waals surface area contributed by atoms with Gasteiger partial charge in [0.25, 0.3) is 11.1 Å². The minimum absolute atomic E-state index is 0. The van der Waals surface area contributed by atoms with Crippen molar-refractivity contribution in [2.24, 2.45) is 5.11 Å². The number of amides is 1. The number of carboxylic acids is 1. The van der Waals surface area contributed by atoms with Gasteiger partial charge in [-0.25, -0.2) is 37.3 Å². The van der Waals surface area contributed by atoms with E-state index in [2.05, 4.69) is 79.5 Å². The Balaban J connectivity index is 0.000000207. The number of allylic oxidation sites excluding steroid dienone is 7. The van der Waals surface area contributed by atoms with Crippen LogP contribution in [0.1, 0.15) is 194 Å². The van der Waals surface area contributed by atoms with E-state index in [-0.39, 0.29) is 134 Å². The number of halogens is 5. The number of carboxylic acid groups (broad SMARTS) is 1. The second kappa shape index (κ2) is 55.0. The second-order valence-corrected chi connectivity index (χ2v) is 35.7. The van der Waals surface area contributed by atoms with E-state index in [4.69, 9.17) is 47.5 Å². The maximum Gasteiger partial charge on any atom is 1.00 e. The van der Waals surface area contributed by atoms with E-state index < -0.39 is 57.5 Å². The molecule has 0 radical (unpaired) electrons. The number of carbonyl (C=O) groups excluding carboxylic acids is 7. The van der Waals surface area contributed by atoms with Crippen LogP contribution in [0.15, 0.2) is 222 Å². The molecule has 3 N–H and O–H groups in total. The van der Waals surface area contributed by atoms with Crippen molar-refractivity contribution in [3.05, 3.63) is 371 Å². The quantitative estimate of drug-likeness (QED) is 0.00629. The number of aryl methyl sites for hydroxylation is 2. The zero-order valence-corrected chi connectivity index (χ0v) is 81.5. The number of esters is 2. The third kappa shape index (κ3) is 34.0. The Labute approximate surface area is 838 Å². The molecule has 11 heterocycles. The minimum Gasteiger partial charge on any atom is -0.477 e. The average molecular weight is 1980 g/mol. The van der Waals surface area contributed by atoms with Gasteiger partial charge in [-0.2, -0.15) is 0 Å². The number of alkyl halides is 1. The average Bonchev–Trinajstić information content (AvgIpc) is 1.58. The Bertz CT molecular complexity index is 6780. The number of thiazole rings is 2. The number of hydrogen-bond donors (Lipinski definition) is 3. The number of benzene rings is 2. The number of aromatic amines is 1. The Morgan fingerprint density at radius 1 is 0.536 bits per heavy atom. The van der Waals surface area contributed by atoms with E-state index in [9.17, 15) is 65.5 Å². The van der Waals surface area contributed by atoms with Crippen molar-refractivity contribution in [3.8, 4) is 0 Å². The zero-order chi connectivity index (χ0) is 99.4. The van der Waals surface area contributed by atoms with Crippen LogP contribution in [0.4, 0.5) is 17.6 Å². The number of ether oxygens (including phenoxy) is 3. The van der Waals surface area contributed by atoms with Gasteiger partial charge in [-0.1, -0.05) is 73.2 Å². The van der Waals surface area contributed by atoms with E-state index >= 15 is 0 Å². The molecule has 140 heavy (non-hydrogen) atoms. The number of H-pyrrole nitrogens is 1. The van der Waals surface area contributed by atoms with Gasteiger partial charge < -0.3 is 49.8 Å². The Kier molecular flexibility index (Phi) is 43.7. The molecule has 722 valence electrons. The Hall–Kier alpha value is -14.0. The molecular formula is C101H101ClF4N17NaO14S2. The van der Waals surface area contributed by atoms with E-state index in [1.165, 1.54) is 92.2 Å². The summed E-state index contributed by atoms with van der Waals surface area (Å²) in [5.74, 6) is -6.85. The second-order valence-electron chi connectivity index (χ2n) is 33.0. The van der Waals surface area contributed by atoms with Crippen LogP contribution in [-0.4, -0.2) is 144 Å². The van der Waals surface area contributed by atoms with E-state index in [1.807, 2.05) is 88.0 Å². The summed E-state index contributed by atoms with van der Waals surface area (Å²) in [5, 5.41) is 17.1. The number of Topliss-reactive ketones (excluding diaryl/α,β-unsaturated/α-hetero) is 4. The van der Waals surface area contributed by atoms with Gasteiger partial charge in [-0.3, -0.25) is 68.0 Å². The van der Waals surface area contributed by atoms with Gasteiger partial charge in [0.1, 0.15) is 22.4 Å². The van der Waals surface area contributed by atoms with Gasteiger partial charge in [-0.15, -0.1) is 34.3 Å². The molecule has 1 aliphatic heterocycles. The van der Waals surface area contributed by atoms with Crippen molar-refractivity contribution in [1.82, 2.24) is 54.3 Å². The maximum atomic E-state index is 13.5. The fraction of sp³-hybridized carbons (Fsp3) is 0.297. The van der Waals surface area contributed by atoms with Gasteiger partial charge in [0.2, 0.25) is 5.91 Å². The van der Waals surface area contributed by atoms with Crippen LogP contribution in [0.25, 0.3) is 59.7 Å². The number of fused-ring (bicyclic) bond motifs is 5. The maximum absolute atomic E-state index is 13.5. The number of hydrogen-bond acceptors (Lipinski definition) is 23. The number of carbonyl (C=O) groups is 8. The molecule has 0 atom stereocenters. The summed E-state index contributed by atoms with van der Waals surface area (Å²) in [6, 6.07) is 31.5. The molecule has 4 aliphatic carbocycles. The molecule has 0 unspecified atom stereocenters. The third-order valence-electron chi connectivity index (χ3n) is 20.6. The van der Waals surface area contributed by atoms with Crippen LogP contribution in [-0.2, 0) is 103 Å². The van der Waals surface area contributed by atoms with Crippen molar-refractivity contribution in [3.63, 3.8) is 0 Å². The largest absolute Gasteiger partial charge is 1.00 e. The fourth-order valence-electron chi connectivity index (χ4n) is 14.3. The van der Waals surface area contributed by atoms with Crippen LogP contribution in [0.5, 0.6) is 0 Å². The van der Waals surface area contributed by atoms with Crippen LogP contribution in [0.3, 0.4) is 0 Å². The third-order valence-corrected chi connectivity index (χ3v) is 23.0. The normalized spacial score (nSPS) is 12.3. The van der Waals surface area contributed by atoms with Crippen molar-refractivity contribution >= 4 is 115 Å². The summed E-state index contributed by atoms with van der Waals surface area (Å²) < 4.78 is 70.3. The number of nitrogens with one attached hydrogen (secondary N) is 2. The Morgan fingerprint density at radius 3 is 1.44 bits per heavy atom. The molecule has 1 fully saturated rings. The van der Waals surface area contributed by atoms with Gasteiger partial charge in [0.05, 0.1) is 83.3 Å². The standard InChI is InChI=1S/C27H21F2N3O2S.C19H22N2O2S.C17H21N3O4.C13H9F2NO3.C10H8ClNO.C10H8N4O.C4H8O.CH4.N3.Na/c28-22-7-5-17(13-23(22)29)16-32-12-2-4-21(27(32)34)25(33)9-10-26-31-15-19(35-26)14-18-6-8-24-20(18)3-1-11-30-24;1-19(2,3)23-18(22)9-8-17-21-12-14(24-17)11-13-6-7-16-15(13)5-4-10-20-16;1-17(2,3)24-15(23)7-6-14(22)19-10-13(21)12-9-20-16-11(12)5-4-8-18-16;14-10-4-3-8(6-11(10)15)7-16-5-1-2-9(12(16)17)13(18)19;11-6-10(13)8-3-4-9-7(8)2-1-5-12-9;11-14-13-6-10(15)8-3-4-9-7(8)2-1-5-12-9;1-2-4-5-3-1;;1-3-2;/h1-7,11-13,15H,8-10,14,16H2;4-6,10,12H,7-9,11H2,1-3H3;4-5,8-9H,6-7,10H2,1-3H3,(H,18,20)(H,19,22);1-6H,7H2,(H,18,19);1-3,5H,4,6H2;1-3,5H,4,6H2;1-4H2;1H4;;/q;;;;;;;;-1;+1. The van der Waals surface area contributed by atoms with E-state index in [1.54, 1.807) is 92.5 Å². The molecule has 2 aromatic carbocycles. The van der Waals surface area contributed by atoms with Crippen LogP contribution < -0.4 is 46.0 Å². The molecule has 39 heteroatoms. The molecule has 17 rings (SSSR count). The number of nitrogens with zero attached hydrogens (tertiary/aromatic N) is 15. The van der Waals surface area contributed by atoms with Crippen LogP contribution in [0.2, 0.25) is 0 Å². The molecule has 0 bridgehead atoms. The predicted octanol–water partition coefficient (Wildman–Crippen LogP) is 15.9. The summed E-state index contributed by atoms with van der Waals surface area (Å²) in [5.41, 5.74) is 33.3. The summed E-state index contributed by atoms with van der Waals surface area (Å²) in [7, 11) is 0.